The van der Waals surface area contributed by atoms with Crippen molar-refractivity contribution in [2.24, 2.45) is 0 Å². The van der Waals surface area contributed by atoms with Crippen molar-refractivity contribution in [2.45, 2.75) is 26.7 Å². The molecule has 3 aromatic carbocycles. The second-order valence-electron chi connectivity index (χ2n) is 7.85. The highest BCUT2D eigenvalue weighted by Gasteiger charge is 2.40. The van der Waals surface area contributed by atoms with E-state index in [1.54, 1.807) is 25.1 Å². The van der Waals surface area contributed by atoms with Crippen LogP contribution in [-0.4, -0.2) is 11.8 Å². The molecule has 1 aliphatic heterocycles. The molecule has 1 N–H and O–H groups in total. The van der Waals surface area contributed by atoms with Gasteiger partial charge in [-0.05, 0) is 53.8 Å². The SMILES string of the molecule is Cc1c(Cl)cccc1N1C(=O)C(Nc2ccc(C(C)C)cc2)=C(c2ccccc2)C1=O. The first-order valence-electron chi connectivity index (χ1n) is 10.2. The van der Waals surface area contributed by atoms with Gasteiger partial charge in [0.05, 0.1) is 11.3 Å². The maximum atomic E-state index is 13.5. The third-order valence-corrected chi connectivity index (χ3v) is 5.88. The molecular weight excluding hydrogens is 408 g/mol. The molecule has 0 saturated carbocycles. The molecule has 0 radical (unpaired) electrons. The lowest BCUT2D eigenvalue weighted by atomic mass is 10.0. The smallest absolute Gasteiger partial charge is 0.282 e. The molecule has 0 atom stereocenters. The average molecular weight is 431 g/mol. The van der Waals surface area contributed by atoms with E-state index < -0.39 is 5.91 Å². The highest BCUT2D eigenvalue weighted by atomic mass is 35.5. The van der Waals surface area contributed by atoms with Crippen LogP contribution < -0.4 is 10.2 Å². The van der Waals surface area contributed by atoms with E-state index in [1.807, 2.05) is 54.6 Å². The van der Waals surface area contributed by atoms with Gasteiger partial charge in [-0.2, -0.15) is 0 Å². The Labute approximate surface area is 187 Å². The lowest BCUT2D eigenvalue weighted by Crippen LogP contribution is -2.33. The number of rotatable bonds is 5. The van der Waals surface area contributed by atoms with Crippen LogP contribution in [0.15, 0.2) is 78.5 Å². The average Bonchev–Trinajstić information content (AvgIpc) is 3.00. The van der Waals surface area contributed by atoms with Crippen molar-refractivity contribution in [1.82, 2.24) is 0 Å². The van der Waals surface area contributed by atoms with Crippen molar-refractivity contribution in [1.29, 1.82) is 0 Å². The zero-order valence-electron chi connectivity index (χ0n) is 17.6. The minimum absolute atomic E-state index is 0.257. The van der Waals surface area contributed by atoms with Gasteiger partial charge in [0.1, 0.15) is 5.70 Å². The standard InChI is InChI=1S/C26H23ClN2O2/c1-16(2)18-12-14-20(15-13-18)28-24-23(19-8-5-4-6-9-19)25(30)29(26(24)31)22-11-7-10-21(27)17(22)3/h4-16,28H,1-3H3. The molecule has 0 bridgehead atoms. The van der Waals surface area contributed by atoms with E-state index in [0.29, 0.717) is 33.3 Å². The van der Waals surface area contributed by atoms with Gasteiger partial charge in [-0.1, -0.05) is 74.0 Å². The van der Waals surface area contributed by atoms with Crippen molar-refractivity contribution in [2.75, 3.05) is 10.2 Å². The molecule has 1 heterocycles. The van der Waals surface area contributed by atoms with Gasteiger partial charge in [0.2, 0.25) is 0 Å². The highest BCUT2D eigenvalue weighted by Crippen LogP contribution is 2.36. The number of nitrogens with zero attached hydrogens (tertiary/aromatic N) is 1. The molecule has 4 nitrogen and oxygen atoms in total. The lowest BCUT2D eigenvalue weighted by molar-refractivity contribution is -0.120. The van der Waals surface area contributed by atoms with Crippen molar-refractivity contribution >= 4 is 40.4 Å². The minimum atomic E-state index is -0.401. The summed E-state index contributed by atoms with van der Waals surface area (Å²) >= 11 is 6.27. The van der Waals surface area contributed by atoms with Crippen LogP contribution in [0.25, 0.3) is 5.57 Å². The molecular formula is C26H23ClN2O2. The Bertz CT molecular complexity index is 1180. The van der Waals surface area contributed by atoms with Gasteiger partial charge in [0.25, 0.3) is 11.8 Å². The molecule has 2 amide bonds. The second-order valence-corrected chi connectivity index (χ2v) is 8.25. The van der Waals surface area contributed by atoms with E-state index in [-0.39, 0.29) is 11.6 Å². The quantitative estimate of drug-likeness (QED) is 0.492. The van der Waals surface area contributed by atoms with E-state index in [0.717, 1.165) is 5.69 Å². The van der Waals surface area contributed by atoms with Crippen LogP contribution in [0.3, 0.4) is 0 Å². The molecule has 0 spiro atoms. The Kier molecular flexibility index (Phi) is 5.66. The van der Waals surface area contributed by atoms with Crippen LogP contribution in [0.2, 0.25) is 5.02 Å². The lowest BCUT2D eigenvalue weighted by Gasteiger charge is -2.18. The molecule has 5 heteroatoms. The minimum Gasteiger partial charge on any atom is -0.350 e. The predicted molar refractivity (Wildman–Crippen MR) is 126 cm³/mol. The maximum Gasteiger partial charge on any atom is 0.282 e. The van der Waals surface area contributed by atoms with Crippen LogP contribution >= 0.6 is 11.6 Å². The Morgan fingerprint density at radius 1 is 0.839 bits per heavy atom. The Morgan fingerprint density at radius 3 is 2.16 bits per heavy atom. The van der Waals surface area contributed by atoms with Gasteiger partial charge in [-0.15, -0.1) is 0 Å². The van der Waals surface area contributed by atoms with Gasteiger partial charge in [0.15, 0.2) is 0 Å². The van der Waals surface area contributed by atoms with Crippen LogP contribution in [0.1, 0.15) is 36.5 Å². The normalized spacial score (nSPS) is 14.0. The Hall–Kier alpha value is -3.37. The molecule has 0 aromatic heterocycles. The zero-order valence-corrected chi connectivity index (χ0v) is 18.4. The summed E-state index contributed by atoms with van der Waals surface area (Å²) in [4.78, 5) is 28.2. The van der Waals surface area contributed by atoms with Gasteiger partial charge < -0.3 is 5.32 Å². The summed E-state index contributed by atoms with van der Waals surface area (Å²) in [6.07, 6.45) is 0. The molecule has 0 saturated heterocycles. The number of imide groups is 1. The van der Waals surface area contributed by atoms with Crippen molar-refractivity contribution < 1.29 is 9.59 Å². The van der Waals surface area contributed by atoms with Crippen molar-refractivity contribution in [3.05, 3.63) is 100 Å². The van der Waals surface area contributed by atoms with Gasteiger partial charge >= 0.3 is 0 Å². The van der Waals surface area contributed by atoms with Crippen molar-refractivity contribution in [3.63, 3.8) is 0 Å². The number of halogens is 1. The molecule has 1 aliphatic rings. The van der Waals surface area contributed by atoms with E-state index in [9.17, 15) is 9.59 Å². The number of benzene rings is 3. The number of anilines is 2. The first-order chi connectivity index (χ1) is 14.9. The van der Waals surface area contributed by atoms with Crippen LogP contribution in [-0.2, 0) is 9.59 Å². The van der Waals surface area contributed by atoms with E-state index in [1.165, 1.54) is 10.5 Å². The van der Waals surface area contributed by atoms with Gasteiger partial charge in [-0.3, -0.25) is 9.59 Å². The van der Waals surface area contributed by atoms with Crippen LogP contribution in [0, 0.1) is 6.92 Å². The fraction of sp³-hybridized carbons (Fsp3) is 0.154. The summed E-state index contributed by atoms with van der Waals surface area (Å²) in [5.74, 6) is -0.367. The van der Waals surface area contributed by atoms with E-state index >= 15 is 0 Å². The number of nitrogens with one attached hydrogen (secondary N) is 1. The Balaban J connectivity index is 1.80. The molecule has 4 rings (SSSR count). The number of amides is 2. The molecule has 31 heavy (non-hydrogen) atoms. The van der Waals surface area contributed by atoms with Gasteiger partial charge in [-0.25, -0.2) is 4.90 Å². The summed E-state index contributed by atoms with van der Waals surface area (Å²) in [6.45, 7) is 6.06. The number of carbonyl (C=O) groups excluding carboxylic acids is 2. The largest absolute Gasteiger partial charge is 0.350 e. The summed E-state index contributed by atoms with van der Waals surface area (Å²) < 4.78 is 0. The molecule has 0 unspecified atom stereocenters. The third kappa shape index (κ3) is 3.87. The van der Waals surface area contributed by atoms with Gasteiger partial charge in [0, 0.05) is 10.7 Å². The van der Waals surface area contributed by atoms with Crippen molar-refractivity contribution in [3.8, 4) is 0 Å². The first-order valence-corrected chi connectivity index (χ1v) is 10.6. The second kappa shape index (κ2) is 8.40. The molecule has 0 fully saturated rings. The Morgan fingerprint density at radius 2 is 1.52 bits per heavy atom. The summed E-state index contributed by atoms with van der Waals surface area (Å²) in [5, 5.41) is 3.71. The molecule has 0 aliphatic carbocycles. The fourth-order valence-corrected chi connectivity index (χ4v) is 3.84. The highest BCUT2D eigenvalue weighted by molar-refractivity contribution is 6.46. The first kappa shape index (κ1) is 20.9. The summed E-state index contributed by atoms with van der Waals surface area (Å²) in [7, 11) is 0. The number of hydrogen-bond acceptors (Lipinski definition) is 3. The zero-order chi connectivity index (χ0) is 22.1. The third-order valence-electron chi connectivity index (χ3n) is 5.47. The predicted octanol–water partition coefficient (Wildman–Crippen LogP) is 6.17. The summed E-state index contributed by atoms with van der Waals surface area (Å²) in [5.41, 5.74) is 4.41. The van der Waals surface area contributed by atoms with E-state index in [2.05, 4.69) is 19.2 Å². The number of carbonyl (C=O) groups is 2. The summed E-state index contributed by atoms with van der Waals surface area (Å²) in [6, 6.07) is 22.4. The van der Waals surface area contributed by atoms with E-state index in [4.69, 9.17) is 11.6 Å². The topological polar surface area (TPSA) is 49.4 Å². The fourth-order valence-electron chi connectivity index (χ4n) is 3.67. The molecule has 156 valence electrons. The van der Waals surface area contributed by atoms with Crippen LogP contribution in [0.5, 0.6) is 0 Å². The van der Waals surface area contributed by atoms with Crippen LogP contribution in [0.4, 0.5) is 11.4 Å². The maximum absolute atomic E-state index is 13.5. The molecule has 3 aromatic rings. The number of hydrogen-bond donors (Lipinski definition) is 1. The monoisotopic (exact) mass is 430 g/mol.